The average Bonchev–Trinajstić information content (AvgIpc) is 2.95. The van der Waals surface area contributed by atoms with Crippen LogP contribution in [0.25, 0.3) is 0 Å². The molecule has 0 spiro atoms. The van der Waals surface area contributed by atoms with Crippen molar-refractivity contribution in [1.29, 1.82) is 0 Å². The number of fused-ring (bicyclic) bond motifs is 1. The summed E-state index contributed by atoms with van der Waals surface area (Å²) in [6, 6.07) is 8.39. The van der Waals surface area contributed by atoms with E-state index in [-0.39, 0.29) is 6.61 Å². The zero-order chi connectivity index (χ0) is 11.0. The third-order valence-corrected chi connectivity index (χ3v) is 3.04. The smallest absolute Gasteiger partial charge is 0.252 e. The lowest BCUT2D eigenvalue weighted by molar-refractivity contribution is 0.222. The number of aliphatic hydroxyl groups is 1. The van der Waals surface area contributed by atoms with Gasteiger partial charge in [-0.2, -0.15) is 4.98 Å². The van der Waals surface area contributed by atoms with E-state index >= 15 is 0 Å². The van der Waals surface area contributed by atoms with Gasteiger partial charge < -0.3 is 9.63 Å². The predicted molar refractivity (Wildman–Crippen MR) is 56.8 cm³/mol. The van der Waals surface area contributed by atoms with Crippen LogP contribution in [0.4, 0.5) is 0 Å². The lowest BCUT2D eigenvalue weighted by Crippen LogP contribution is -2.00. The number of aromatic nitrogens is 2. The molecule has 0 aliphatic heterocycles. The molecule has 0 unspecified atom stereocenters. The van der Waals surface area contributed by atoms with Crippen molar-refractivity contribution in [2.75, 3.05) is 0 Å². The maximum absolute atomic E-state index is 8.87. The number of nitrogens with zero attached hydrogens (tertiary/aromatic N) is 2. The van der Waals surface area contributed by atoms with Crippen molar-refractivity contribution < 1.29 is 9.63 Å². The van der Waals surface area contributed by atoms with Crippen molar-refractivity contribution in [3.8, 4) is 0 Å². The standard InChI is InChI=1S/C12H12N2O2/c15-7-11-13-12(14-16-11)10-5-8-3-1-2-4-9(8)6-10/h1-4,10,15H,5-7H2. The molecule has 0 amide bonds. The Bertz CT molecular complexity index is 482. The zero-order valence-corrected chi connectivity index (χ0v) is 8.76. The van der Waals surface area contributed by atoms with Crippen molar-refractivity contribution in [3.63, 3.8) is 0 Å². The highest BCUT2D eigenvalue weighted by molar-refractivity contribution is 5.34. The Morgan fingerprint density at radius 1 is 1.25 bits per heavy atom. The van der Waals surface area contributed by atoms with E-state index in [9.17, 15) is 0 Å². The summed E-state index contributed by atoms with van der Waals surface area (Å²) in [6.45, 7) is -0.188. The number of hydrogen-bond acceptors (Lipinski definition) is 4. The Hall–Kier alpha value is -1.68. The third-order valence-electron chi connectivity index (χ3n) is 3.04. The van der Waals surface area contributed by atoms with Crippen LogP contribution >= 0.6 is 0 Å². The Labute approximate surface area is 92.9 Å². The second-order valence-corrected chi connectivity index (χ2v) is 4.08. The molecule has 4 heteroatoms. The second-order valence-electron chi connectivity index (χ2n) is 4.08. The zero-order valence-electron chi connectivity index (χ0n) is 8.76. The van der Waals surface area contributed by atoms with Crippen LogP contribution in [-0.4, -0.2) is 15.2 Å². The van der Waals surface area contributed by atoms with Crippen LogP contribution in [-0.2, 0) is 19.4 Å². The van der Waals surface area contributed by atoms with Crippen molar-refractivity contribution in [2.45, 2.75) is 25.4 Å². The summed E-state index contributed by atoms with van der Waals surface area (Å²) >= 11 is 0. The molecule has 1 heterocycles. The number of aliphatic hydroxyl groups excluding tert-OH is 1. The van der Waals surface area contributed by atoms with Crippen LogP contribution in [0.1, 0.15) is 28.8 Å². The number of hydrogen-bond donors (Lipinski definition) is 1. The van der Waals surface area contributed by atoms with Gasteiger partial charge >= 0.3 is 0 Å². The molecule has 1 aliphatic carbocycles. The molecule has 0 bridgehead atoms. The monoisotopic (exact) mass is 216 g/mol. The molecule has 2 aromatic rings. The van der Waals surface area contributed by atoms with Crippen molar-refractivity contribution >= 4 is 0 Å². The minimum Gasteiger partial charge on any atom is -0.387 e. The van der Waals surface area contributed by atoms with E-state index in [1.54, 1.807) is 0 Å². The van der Waals surface area contributed by atoms with Gasteiger partial charge in [-0.05, 0) is 24.0 Å². The van der Waals surface area contributed by atoms with E-state index in [1.807, 2.05) is 0 Å². The first-order valence-corrected chi connectivity index (χ1v) is 5.37. The molecule has 82 valence electrons. The molecular formula is C12H12N2O2. The summed E-state index contributed by atoms with van der Waals surface area (Å²) in [5.74, 6) is 1.30. The fraction of sp³-hybridized carbons (Fsp3) is 0.333. The molecule has 0 radical (unpaired) electrons. The molecular weight excluding hydrogens is 204 g/mol. The van der Waals surface area contributed by atoms with E-state index < -0.39 is 0 Å². The summed E-state index contributed by atoms with van der Waals surface area (Å²) in [7, 11) is 0. The quantitative estimate of drug-likeness (QED) is 0.825. The SMILES string of the molecule is OCc1nc(C2Cc3ccccc3C2)no1. The van der Waals surface area contributed by atoms with Gasteiger partial charge in [0, 0.05) is 5.92 Å². The highest BCUT2D eigenvalue weighted by Gasteiger charge is 2.26. The Morgan fingerprint density at radius 2 is 1.94 bits per heavy atom. The normalized spacial score (nSPS) is 15.3. The first-order chi connectivity index (χ1) is 7.86. The lowest BCUT2D eigenvalue weighted by atomic mass is 10.1. The van der Waals surface area contributed by atoms with Gasteiger partial charge in [0.05, 0.1) is 0 Å². The molecule has 3 rings (SSSR count). The van der Waals surface area contributed by atoms with Crippen LogP contribution in [0, 0.1) is 0 Å². The molecule has 1 aromatic carbocycles. The highest BCUT2D eigenvalue weighted by atomic mass is 16.5. The number of benzene rings is 1. The van der Waals surface area contributed by atoms with Gasteiger partial charge in [0.15, 0.2) is 5.82 Å². The maximum atomic E-state index is 8.87. The van der Waals surface area contributed by atoms with Gasteiger partial charge in [-0.25, -0.2) is 0 Å². The van der Waals surface area contributed by atoms with E-state index in [0.717, 1.165) is 12.8 Å². The van der Waals surface area contributed by atoms with Gasteiger partial charge in [-0.15, -0.1) is 0 Å². The topological polar surface area (TPSA) is 59.2 Å². The summed E-state index contributed by atoms with van der Waals surface area (Å²) < 4.78 is 4.91. The minimum absolute atomic E-state index is 0.188. The maximum Gasteiger partial charge on any atom is 0.252 e. The average molecular weight is 216 g/mol. The second kappa shape index (κ2) is 3.72. The Balaban J connectivity index is 1.85. The Kier molecular flexibility index (Phi) is 2.22. The molecule has 1 N–H and O–H groups in total. The molecule has 0 saturated heterocycles. The van der Waals surface area contributed by atoms with Crippen LogP contribution in [0.5, 0.6) is 0 Å². The first-order valence-electron chi connectivity index (χ1n) is 5.37. The van der Waals surface area contributed by atoms with Gasteiger partial charge in [-0.1, -0.05) is 29.4 Å². The van der Waals surface area contributed by atoms with Crippen molar-refractivity contribution in [1.82, 2.24) is 10.1 Å². The highest BCUT2D eigenvalue weighted by Crippen LogP contribution is 2.32. The molecule has 4 nitrogen and oxygen atoms in total. The van der Waals surface area contributed by atoms with Gasteiger partial charge in [0.25, 0.3) is 5.89 Å². The third kappa shape index (κ3) is 1.51. The van der Waals surface area contributed by atoms with Crippen LogP contribution in [0.15, 0.2) is 28.8 Å². The molecule has 1 aliphatic rings. The minimum atomic E-state index is -0.188. The molecule has 0 saturated carbocycles. The summed E-state index contributed by atoms with van der Waals surface area (Å²) in [6.07, 6.45) is 1.92. The van der Waals surface area contributed by atoms with Crippen molar-refractivity contribution in [2.24, 2.45) is 0 Å². The van der Waals surface area contributed by atoms with Gasteiger partial charge in [-0.3, -0.25) is 0 Å². The van der Waals surface area contributed by atoms with Gasteiger partial charge in [0.1, 0.15) is 6.61 Å². The van der Waals surface area contributed by atoms with E-state index in [1.165, 1.54) is 11.1 Å². The largest absolute Gasteiger partial charge is 0.387 e. The van der Waals surface area contributed by atoms with E-state index in [4.69, 9.17) is 9.63 Å². The van der Waals surface area contributed by atoms with Crippen LogP contribution in [0.3, 0.4) is 0 Å². The molecule has 0 fully saturated rings. The summed E-state index contributed by atoms with van der Waals surface area (Å²) in [4.78, 5) is 4.17. The van der Waals surface area contributed by atoms with Gasteiger partial charge in [0.2, 0.25) is 0 Å². The molecule has 1 aromatic heterocycles. The molecule has 16 heavy (non-hydrogen) atoms. The fourth-order valence-electron chi connectivity index (χ4n) is 2.24. The van der Waals surface area contributed by atoms with Crippen molar-refractivity contribution in [3.05, 3.63) is 47.1 Å². The fourth-order valence-corrected chi connectivity index (χ4v) is 2.24. The first kappa shape index (κ1) is 9.54. The van der Waals surface area contributed by atoms with E-state index in [0.29, 0.717) is 17.6 Å². The predicted octanol–water partition coefficient (Wildman–Crippen LogP) is 1.44. The summed E-state index contributed by atoms with van der Waals surface area (Å²) in [5, 5.41) is 12.8. The van der Waals surface area contributed by atoms with Crippen LogP contribution < -0.4 is 0 Å². The number of rotatable bonds is 2. The lowest BCUT2D eigenvalue weighted by Gasteiger charge is -2.00. The molecule has 0 atom stereocenters. The van der Waals surface area contributed by atoms with Crippen LogP contribution in [0.2, 0.25) is 0 Å². The van der Waals surface area contributed by atoms with E-state index in [2.05, 4.69) is 34.4 Å². The Morgan fingerprint density at radius 3 is 2.50 bits per heavy atom. The summed E-state index contributed by atoms with van der Waals surface area (Å²) in [5.41, 5.74) is 2.73.